The largest absolute Gasteiger partial charge is 0.378 e. The van der Waals surface area contributed by atoms with Crippen LogP contribution >= 0.6 is 39.1 Å². The van der Waals surface area contributed by atoms with E-state index in [1.165, 1.54) is 5.56 Å². The molecule has 0 aliphatic carbocycles. The fourth-order valence-electron chi connectivity index (χ4n) is 1.90. The van der Waals surface area contributed by atoms with Crippen molar-refractivity contribution in [3.8, 4) is 0 Å². The molecule has 1 unspecified atom stereocenters. The summed E-state index contributed by atoms with van der Waals surface area (Å²) in [6, 6.07) is 14.2. The number of benzene rings is 2. The Labute approximate surface area is 132 Å². The Hall–Kier alpha value is -0.700. The van der Waals surface area contributed by atoms with Crippen molar-refractivity contribution >= 4 is 44.8 Å². The lowest BCUT2D eigenvalue weighted by molar-refractivity contribution is 0.749. The number of hydrogen-bond acceptors (Lipinski definition) is 1. The van der Waals surface area contributed by atoms with Gasteiger partial charge in [0.25, 0.3) is 0 Å². The van der Waals surface area contributed by atoms with Crippen LogP contribution in [0.5, 0.6) is 0 Å². The Balaban J connectivity index is 2.18. The third-order valence-electron chi connectivity index (χ3n) is 2.94. The van der Waals surface area contributed by atoms with Crippen LogP contribution in [-0.4, -0.2) is 0 Å². The first-order valence-electron chi connectivity index (χ1n) is 6.07. The number of anilines is 1. The van der Waals surface area contributed by atoms with Crippen LogP contribution in [0.3, 0.4) is 0 Å². The maximum atomic E-state index is 6.03. The minimum atomic E-state index is 0.255. The summed E-state index contributed by atoms with van der Waals surface area (Å²) < 4.78 is 1.08. The minimum absolute atomic E-state index is 0.255. The van der Waals surface area contributed by atoms with Crippen LogP contribution in [-0.2, 0) is 0 Å². The van der Waals surface area contributed by atoms with E-state index >= 15 is 0 Å². The van der Waals surface area contributed by atoms with E-state index in [2.05, 4.69) is 52.4 Å². The molecule has 0 aliphatic rings. The summed E-state index contributed by atoms with van der Waals surface area (Å²) in [6.45, 7) is 2.15. The molecule has 0 spiro atoms. The van der Waals surface area contributed by atoms with Gasteiger partial charge in [0, 0.05) is 10.2 Å². The molecule has 4 heteroatoms. The average Bonchev–Trinajstić information content (AvgIpc) is 2.41. The summed E-state index contributed by atoms with van der Waals surface area (Å²) in [5.74, 6) is 0. The molecular formula is C15H14BrCl2N. The van der Waals surface area contributed by atoms with Gasteiger partial charge in [-0.2, -0.15) is 0 Å². The number of rotatable bonds is 4. The second kappa shape index (κ2) is 6.65. The molecule has 0 heterocycles. The van der Waals surface area contributed by atoms with E-state index < -0.39 is 0 Å². The molecule has 0 saturated carbocycles. The van der Waals surface area contributed by atoms with E-state index in [1.54, 1.807) is 6.07 Å². The highest BCUT2D eigenvalue weighted by Gasteiger charge is 2.09. The van der Waals surface area contributed by atoms with Crippen molar-refractivity contribution in [1.82, 2.24) is 0 Å². The zero-order valence-corrected chi connectivity index (χ0v) is 13.6. The SMILES string of the molecule is CCC(Nc1ccc(Cl)c(Cl)c1)c1ccc(Br)cc1. The van der Waals surface area contributed by atoms with Gasteiger partial charge in [0.15, 0.2) is 0 Å². The molecule has 100 valence electrons. The van der Waals surface area contributed by atoms with Gasteiger partial charge in [-0.3, -0.25) is 0 Å². The van der Waals surface area contributed by atoms with Crippen LogP contribution < -0.4 is 5.32 Å². The summed E-state index contributed by atoms with van der Waals surface area (Å²) in [6.07, 6.45) is 0.988. The van der Waals surface area contributed by atoms with E-state index in [0.29, 0.717) is 10.0 Å². The third kappa shape index (κ3) is 3.88. The molecule has 2 rings (SSSR count). The molecule has 2 aromatic carbocycles. The average molecular weight is 359 g/mol. The summed E-state index contributed by atoms with van der Waals surface area (Å²) >= 11 is 15.4. The molecule has 0 aliphatic heterocycles. The minimum Gasteiger partial charge on any atom is -0.378 e. The second-order valence-electron chi connectivity index (χ2n) is 4.29. The summed E-state index contributed by atoms with van der Waals surface area (Å²) in [5, 5.41) is 4.61. The first-order valence-corrected chi connectivity index (χ1v) is 7.62. The highest BCUT2D eigenvalue weighted by atomic mass is 79.9. The van der Waals surface area contributed by atoms with Crippen LogP contribution in [0, 0.1) is 0 Å². The lowest BCUT2D eigenvalue weighted by atomic mass is 10.0. The summed E-state index contributed by atoms with van der Waals surface area (Å²) in [4.78, 5) is 0. The van der Waals surface area contributed by atoms with E-state index in [-0.39, 0.29) is 6.04 Å². The van der Waals surface area contributed by atoms with Gasteiger partial charge in [-0.15, -0.1) is 0 Å². The molecule has 0 bridgehead atoms. The van der Waals surface area contributed by atoms with Crippen molar-refractivity contribution in [1.29, 1.82) is 0 Å². The maximum absolute atomic E-state index is 6.03. The normalized spacial score (nSPS) is 12.2. The second-order valence-corrected chi connectivity index (χ2v) is 6.02. The van der Waals surface area contributed by atoms with Gasteiger partial charge in [0.2, 0.25) is 0 Å². The first kappa shape index (κ1) is 14.7. The van der Waals surface area contributed by atoms with Crippen LogP contribution in [0.4, 0.5) is 5.69 Å². The van der Waals surface area contributed by atoms with Crippen LogP contribution in [0.2, 0.25) is 10.0 Å². The summed E-state index contributed by atoms with van der Waals surface area (Å²) in [5.41, 5.74) is 2.22. The molecular weight excluding hydrogens is 345 g/mol. The standard InChI is InChI=1S/C15H14BrCl2N/c1-2-15(10-3-5-11(16)6-4-10)19-12-7-8-13(17)14(18)9-12/h3-9,15,19H,2H2,1H3. The van der Waals surface area contributed by atoms with Crippen molar-refractivity contribution < 1.29 is 0 Å². The topological polar surface area (TPSA) is 12.0 Å². The summed E-state index contributed by atoms with van der Waals surface area (Å²) in [7, 11) is 0. The van der Waals surface area contributed by atoms with Crippen molar-refractivity contribution in [3.63, 3.8) is 0 Å². The first-order chi connectivity index (χ1) is 9.10. The van der Waals surface area contributed by atoms with Gasteiger partial charge in [-0.1, -0.05) is 58.2 Å². The number of hydrogen-bond donors (Lipinski definition) is 1. The van der Waals surface area contributed by atoms with Gasteiger partial charge in [0.1, 0.15) is 0 Å². The molecule has 2 aromatic rings. The molecule has 19 heavy (non-hydrogen) atoms. The molecule has 1 N–H and O–H groups in total. The Morgan fingerprint density at radius 3 is 2.32 bits per heavy atom. The van der Waals surface area contributed by atoms with Crippen molar-refractivity contribution in [2.75, 3.05) is 5.32 Å². The highest BCUT2D eigenvalue weighted by molar-refractivity contribution is 9.10. The predicted octanol–water partition coefficient (Wildman–Crippen LogP) is 6.32. The predicted molar refractivity (Wildman–Crippen MR) is 87.3 cm³/mol. The van der Waals surface area contributed by atoms with Crippen molar-refractivity contribution in [2.45, 2.75) is 19.4 Å². The number of halogens is 3. The molecule has 0 amide bonds. The Kier molecular flexibility index (Phi) is 5.14. The van der Waals surface area contributed by atoms with Crippen LogP contribution in [0.1, 0.15) is 24.9 Å². The van der Waals surface area contributed by atoms with Gasteiger partial charge in [-0.25, -0.2) is 0 Å². The zero-order valence-electron chi connectivity index (χ0n) is 10.5. The quantitative estimate of drug-likeness (QED) is 0.674. The molecule has 0 fully saturated rings. The monoisotopic (exact) mass is 357 g/mol. The van der Waals surface area contributed by atoms with Gasteiger partial charge >= 0.3 is 0 Å². The lowest BCUT2D eigenvalue weighted by Gasteiger charge is -2.19. The Morgan fingerprint density at radius 1 is 1.05 bits per heavy atom. The molecule has 1 atom stereocenters. The Bertz CT molecular complexity index is 555. The van der Waals surface area contributed by atoms with E-state index in [1.807, 2.05) is 12.1 Å². The Morgan fingerprint density at radius 2 is 1.74 bits per heavy atom. The third-order valence-corrected chi connectivity index (χ3v) is 4.21. The fourth-order valence-corrected chi connectivity index (χ4v) is 2.47. The maximum Gasteiger partial charge on any atom is 0.0612 e. The highest BCUT2D eigenvalue weighted by Crippen LogP contribution is 2.29. The van der Waals surface area contributed by atoms with Gasteiger partial charge < -0.3 is 5.32 Å². The van der Waals surface area contributed by atoms with Crippen molar-refractivity contribution in [2.24, 2.45) is 0 Å². The van der Waals surface area contributed by atoms with E-state index in [0.717, 1.165) is 16.6 Å². The molecule has 1 nitrogen and oxygen atoms in total. The lowest BCUT2D eigenvalue weighted by Crippen LogP contribution is -2.09. The zero-order chi connectivity index (χ0) is 13.8. The van der Waals surface area contributed by atoms with Crippen molar-refractivity contribution in [3.05, 3.63) is 62.5 Å². The van der Waals surface area contributed by atoms with E-state index in [4.69, 9.17) is 23.2 Å². The molecule has 0 radical (unpaired) electrons. The fraction of sp³-hybridized carbons (Fsp3) is 0.200. The van der Waals surface area contributed by atoms with Gasteiger partial charge in [-0.05, 0) is 42.3 Å². The number of nitrogens with one attached hydrogen (secondary N) is 1. The smallest absolute Gasteiger partial charge is 0.0612 e. The van der Waals surface area contributed by atoms with E-state index in [9.17, 15) is 0 Å². The molecule has 0 aromatic heterocycles. The van der Waals surface area contributed by atoms with Crippen LogP contribution in [0.15, 0.2) is 46.9 Å². The van der Waals surface area contributed by atoms with Crippen LogP contribution in [0.25, 0.3) is 0 Å². The van der Waals surface area contributed by atoms with Gasteiger partial charge in [0.05, 0.1) is 16.1 Å². The molecule has 0 saturated heterocycles.